The minimum Gasteiger partial charge on any atom is -0.493 e. The van der Waals surface area contributed by atoms with E-state index in [1.807, 2.05) is 37.3 Å². The molecule has 0 unspecified atom stereocenters. The summed E-state index contributed by atoms with van der Waals surface area (Å²) in [6.45, 7) is 2.16. The Hall–Kier alpha value is -3.95. The van der Waals surface area contributed by atoms with Crippen LogP contribution in [-0.4, -0.2) is 25.0 Å². The normalized spacial score (nSPS) is 14.6. The number of fused-ring (bicyclic) bond motifs is 1. The highest BCUT2D eigenvalue weighted by molar-refractivity contribution is 9.10. The summed E-state index contributed by atoms with van der Waals surface area (Å²) in [6, 6.07) is 21.9. The summed E-state index contributed by atoms with van der Waals surface area (Å²) in [5.74, 6) is -0.599. The van der Waals surface area contributed by atoms with Crippen LogP contribution in [0.15, 0.2) is 87.3 Å². The van der Waals surface area contributed by atoms with E-state index >= 15 is 0 Å². The Labute approximate surface area is 241 Å². The van der Waals surface area contributed by atoms with Crippen LogP contribution >= 0.6 is 31.9 Å². The number of aryl methyl sites for hydroxylation is 1. The van der Waals surface area contributed by atoms with Crippen molar-refractivity contribution in [1.82, 2.24) is 5.32 Å². The molecular formula is C30H22Br2N2O5. The van der Waals surface area contributed by atoms with Crippen LogP contribution in [0.4, 0.5) is 10.5 Å². The zero-order chi connectivity index (χ0) is 27.7. The summed E-state index contributed by atoms with van der Waals surface area (Å²) in [7, 11) is 1.51. The molecule has 1 N–H and O–H groups in total. The fourth-order valence-electron chi connectivity index (χ4n) is 4.24. The van der Waals surface area contributed by atoms with Crippen molar-refractivity contribution < 1.29 is 23.9 Å². The van der Waals surface area contributed by atoms with Crippen molar-refractivity contribution in [2.45, 2.75) is 13.5 Å². The minimum atomic E-state index is -0.807. The van der Waals surface area contributed by atoms with Crippen molar-refractivity contribution in [2.75, 3.05) is 12.0 Å². The number of nitrogens with zero attached hydrogens (tertiary/aromatic N) is 1. The highest BCUT2D eigenvalue weighted by atomic mass is 79.9. The largest absolute Gasteiger partial charge is 0.493 e. The Kier molecular flexibility index (Phi) is 7.54. The van der Waals surface area contributed by atoms with E-state index in [0.717, 1.165) is 31.3 Å². The highest BCUT2D eigenvalue weighted by Crippen LogP contribution is 2.36. The first-order valence-electron chi connectivity index (χ1n) is 11.9. The van der Waals surface area contributed by atoms with Crippen molar-refractivity contribution in [3.8, 4) is 11.5 Å². The fourth-order valence-corrected chi connectivity index (χ4v) is 4.92. The van der Waals surface area contributed by atoms with Crippen LogP contribution in [0.2, 0.25) is 0 Å². The Balaban J connectivity index is 1.43. The molecule has 4 aromatic rings. The summed E-state index contributed by atoms with van der Waals surface area (Å²) in [5, 5.41) is 4.52. The Bertz CT molecular complexity index is 1680. The molecule has 196 valence electrons. The number of amides is 4. The number of halogens is 2. The van der Waals surface area contributed by atoms with Crippen molar-refractivity contribution in [3.05, 3.63) is 104 Å². The number of hydrogen-bond acceptors (Lipinski definition) is 5. The quantitative estimate of drug-likeness (QED) is 0.181. The SMILES string of the molecule is COc1cc(/C=C2\C(=O)NC(=O)N(c3ccc(Br)c(C)c3)C2=O)c(Br)cc1OCc1ccc2ccccc2c1. The van der Waals surface area contributed by atoms with Gasteiger partial charge in [-0.15, -0.1) is 0 Å². The van der Waals surface area contributed by atoms with Gasteiger partial charge in [0.1, 0.15) is 12.2 Å². The van der Waals surface area contributed by atoms with Gasteiger partial charge in [-0.3, -0.25) is 14.9 Å². The van der Waals surface area contributed by atoms with Crippen LogP contribution in [0.3, 0.4) is 0 Å². The molecule has 7 nitrogen and oxygen atoms in total. The molecular weight excluding hydrogens is 628 g/mol. The predicted octanol–water partition coefficient (Wildman–Crippen LogP) is 6.93. The van der Waals surface area contributed by atoms with Crippen LogP contribution in [0.5, 0.6) is 11.5 Å². The van der Waals surface area contributed by atoms with E-state index in [4.69, 9.17) is 9.47 Å². The lowest BCUT2D eigenvalue weighted by atomic mass is 10.1. The van der Waals surface area contributed by atoms with Crippen LogP contribution < -0.4 is 19.7 Å². The lowest BCUT2D eigenvalue weighted by molar-refractivity contribution is -0.122. The zero-order valence-corrected chi connectivity index (χ0v) is 24.1. The van der Waals surface area contributed by atoms with E-state index < -0.39 is 17.8 Å². The Morgan fingerprint density at radius 3 is 2.38 bits per heavy atom. The second kappa shape index (κ2) is 11.0. The second-order valence-corrected chi connectivity index (χ2v) is 10.6. The molecule has 0 saturated carbocycles. The van der Waals surface area contributed by atoms with Gasteiger partial charge in [-0.25, -0.2) is 9.69 Å². The molecule has 4 amide bonds. The molecule has 0 atom stereocenters. The highest BCUT2D eigenvalue weighted by Gasteiger charge is 2.37. The molecule has 5 rings (SSSR count). The number of barbiturate groups is 1. The third-order valence-electron chi connectivity index (χ3n) is 6.29. The molecule has 39 heavy (non-hydrogen) atoms. The number of urea groups is 1. The molecule has 1 heterocycles. The lowest BCUT2D eigenvalue weighted by Gasteiger charge is -2.27. The number of nitrogens with one attached hydrogen (secondary N) is 1. The third kappa shape index (κ3) is 5.46. The van der Waals surface area contributed by atoms with Crippen LogP contribution in [0.1, 0.15) is 16.7 Å². The minimum absolute atomic E-state index is 0.192. The van der Waals surface area contributed by atoms with Crippen molar-refractivity contribution >= 4 is 72.2 Å². The van der Waals surface area contributed by atoms with E-state index in [-0.39, 0.29) is 5.57 Å². The number of imide groups is 2. The van der Waals surface area contributed by atoms with Crippen LogP contribution in [0.25, 0.3) is 16.8 Å². The first-order valence-corrected chi connectivity index (χ1v) is 13.5. The van der Waals surface area contributed by atoms with Gasteiger partial charge in [0, 0.05) is 8.95 Å². The second-order valence-electron chi connectivity index (χ2n) is 8.89. The molecule has 1 aliphatic rings. The summed E-state index contributed by atoms with van der Waals surface area (Å²) < 4.78 is 13.0. The van der Waals surface area contributed by atoms with Gasteiger partial charge in [0.2, 0.25) is 0 Å². The molecule has 1 saturated heterocycles. The van der Waals surface area contributed by atoms with Gasteiger partial charge in [-0.05, 0) is 76.9 Å². The smallest absolute Gasteiger partial charge is 0.335 e. The van der Waals surface area contributed by atoms with Crippen molar-refractivity contribution in [3.63, 3.8) is 0 Å². The van der Waals surface area contributed by atoms with E-state index in [0.29, 0.717) is 33.8 Å². The van der Waals surface area contributed by atoms with Gasteiger partial charge in [-0.1, -0.05) is 68.3 Å². The number of anilines is 1. The molecule has 9 heteroatoms. The van der Waals surface area contributed by atoms with Crippen LogP contribution in [-0.2, 0) is 16.2 Å². The van der Waals surface area contributed by atoms with E-state index in [2.05, 4.69) is 49.3 Å². The van der Waals surface area contributed by atoms with Crippen molar-refractivity contribution in [2.24, 2.45) is 0 Å². The average molecular weight is 650 g/mol. The standard InChI is InChI=1S/C30H22Br2N2O5/c1-17-11-22(9-10-24(17)31)34-29(36)23(28(35)33-30(34)37)13-21-14-26(38-2)27(15-25(21)32)39-16-18-7-8-19-5-3-4-6-20(19)12-18/h3-15H,16H2,1-2H3,(H,33,35,37)/b23-13+. The monoisotopic (exact) mass is 648 g/mol. The maximum atomic E-state index is 13.3. The number of carbonyl (C=O) groups is 3. The summed E-state index contributed by atoms with van der Waals surface area (Å²) in [4.78, 5) is 39.5. The summed E-state index contributed by atoms with van der Waals surface area (Å²) in [5.41, 5.74) is 2.50. The van der Waals surface area contributed by atoms with E-state index in [9.17, 15) is 14.4 Å². The van der Waals surface area contributed by atoms with Crippen LogP contribution in [0, 0.1) is 6.92 Å². The average Bonchev–Trinajstić information content (AvgIpc) is 2.92. The molecule has 1 aliphatic heterocycles. The summed E-state index contributed by atoms with van der Waals surface area (Å²) in [6.07, 6.45) is 1.42. The number of rotatable bonds is 6. The number of methoxy groups -OCH3 is 1. The fraction of sp³-hybridized carbons (Fsp3) is 0.100. The van der Waals surface area contributed by atoms with Gasteiger partial charge in [0.25, 0.3) is 11.8 Å². The first kappa shape index (κ1) is 26.6. The van der Waals surface area contributed by atoms with Gasteiger partial charge in [-0.2, -0.15) is 0 Å². The van der Waals surface area contributed by atoms with Gasteiger partial charge in [0.05, 0.1) is 12.8 Å². The molecule has 4 aromatic carbocycles. The Morgan fingerprint density at radius 1 is 0.872 bits per heavy atom. The molecule has 1 fully saturated rings. The Morgan fingerprint density at radius 2 is 1.64 bits per heavy atom. The van der Waals surface area contributed by atoms with Gasteiger partial charge in [0.15, 0.2) is 11.5 Å². The maximum Gasteiger partial charge on any atom is 0.335 e. The topological polar surface area (TPSA) is 84.9 Å². The molecule has 0 radical (unpaired) electrons. The van der Waals surface area contributed by atoms with Gasteiger partial charge >= 0.3 is 6.03 Å². The number of ether oxygens (including phenoxy) is 2. The molecule has 0 spiro atoms. The number of benzene rings is 4. The van der Waals surface area contributed by atoms with E-state index in [1.165, 1.54) is 13.2 Å². The molecule has 0 aromatic heterocycles. The van der Waals surface area contributed by atoms with E-state index in [1.54, 1.807) is 30.3 Å². The maximum absolute atomic E-state index is 13.3. The predicted molar refractivity (Wildman–Crippen MR) is 157 cm³/mol. The molecule has 0 aliphatic carbocycles. The molecule has 0 bridgehead atoms. The first-order chi connectivity index (χ1) is 18.7. The number of hydrogen-bond donors (Lipinski definition) is 1. The zero-order valence-electron chi connectivity index (χ0n) is 21.0. The third-order valence-corrected chi connectivity index (χ3v) is 7.87. The number of carbonyl (C=O) groups excluding carboxylic acids is 3. The summed E-state index contributed by atoms with van der Waals surface area (Å²) >= 11 is 6.93. The van der Waals surface area contributed by atoms with Crippen molar-refractivity contribution in [1.29, 1.82) is 0 Å². The van der Waals surface area contributed by atoms with Gasteiger partial charge < -0.3 is 9.47 Å². The lowest BCUT2D eigenvalue weighted by Crippen LogP contribution is -2.54.